The molecule has 3 aromatic carbocycles. The number of carbonyl (C=O) groups is 2. The molecule has 5 nitrogen and oxygen atoms in total. The van der Waals surface area contributed by atoms with E-state index < -0.39 is 29.8 Å². The van der Waals surface area contributed by atoms with Crippen molar-refractivity contribution in [3.63, 3.8) is 0 Å². The summed E-state index contributed by atoms with van der Waals surface area (Å²) in [5.41, 5.74) is 1.68. The number of hydrogen-bond donors (Lipinski definition) is 0. The average Bonchev–Trinajstić information content (AvgIpc) is 3.28. The maximum absolute atomic E-state index is 12.9. The molecule has 0 saturated heterocycles. The number of benzene rings is 3. The summed E-state index contributed by atoms with van der Waals surface area (Å²) in [4.78, 5) is 24.4. The minimum absolute atomic E-state index is 0.138. The summed E-state index contributed by atoms with van der Waals surface area (Å²) in [5, 5.41) is 0. The number of halogens is 3. The standard InChI is InChI=1S/C31H29F3O5/c1-21(35)38-28-18-25(10-5-6-17-37-27-12-7-11-26(19-27)31(32,33)34)29(20-28)39-30(36)24-15-13-23(14-16-24)22-8-3-2-4-9-22/h2-5,7-16,19,25,28-29H,6,17-18,20H2,1H3/b10-5+/t25?,28-,29-/m1/s1. The molecule has 39 heavy (non-hydrogen) atoms. The molecule has 1 aliphatic carbocycles. The van der Waals surface area contributed by atoms with Crippen LogP contribution in [0.25, 0.3) is 11.1 Å². The van der Waals surface area contributed by atoms with Gasteiger partial charge in [0.25, 0.3) is 0 Å². The van der Waals surface area contributed by atoms with Gasteiger partial charge in [0.2, 0.25) is 0 Å². The van der Waals surface area contributed by atoms with Gasteiger partial charge in [0.05, 0.1) is 17.7 Å². The molecule has 1 unspecified atom stereocenters. The van der Waals surface area contributed by atoms with Crippen LogP contribution in [0.15, 0.2) is 91.0 Å². The molecule has 1 aliphatic rings. The van der Waals surface area contributed by atoms with Crippen LogP contribution in [0.5, 0.6) is 5.75 Å². The van der Waals surface area contributed by atoms with Gasteiger partial charge in [0, 0.05) is 19.3 Å². The highest BCUT2D eigenvalue weighted by molar-refractivity contribution is 5.90. The quantitative estimate of drug-likeness (QED) is 0.163. The Morgan fingerprint density at radius 3 is 2.31 bits per heavy atom. The first-order valence-corrected chi connectivity index (χ1v) is 12.7. The molecule has 0 bridgehead atoms. The Morgan fingerprint density at radius 1 is 0.897 bits per heavy atom. The van der Waals surface area contributed by atoms with Crippen LogP contribution in [0, 0.1) is 5.92 Å². The first-order chi connectivity index (χ1) is 18.7. The van der Waals surface area contributed by atoms with Crippen molar-refractivity contribution in [3.8, 4) is 16.9 Å². The Kier molecular flexibility index (Phi) is 9.07. The highest BCUT2D eigenvalue weighted by Gasteiger charge is 2.37. The van der Waals surface area contributed by atoms with Gasteiger partial charge >= 0.3 is 18.1 Å². The second kappa shape index (κ2) is 12.7. The molecule has 8 heteroatoms. The van der Waals surface area contributed by atoms with Gasteiger partial charge in [0.15, 0.2) is 0 Å². The summed E-state index contributed by atoms with van der Waals surface area (Å²) in [6.45, 7) is 1.51. The van der Waals surface area contributed by atoms with E-state index in [9.17, 15) is 22.8 Å². The molecular formula is C31H29F3O5. The minimum atomic E-state index is -4.43. The summed E-state index contributed by atoms with van der Waals surface area (Å²) < 4.78 is 55.3. The van der Waals surface area contributed by atoms with E-state index in [0.717, 1.165) is 23.3 Å². The summed E-state index contributed by atoms with van der Waals surface area (Å²) in [6.07, 6.45) is -0.269. The van der Waals surface area contributed by atoms with Crippen LogP contribution in [0.2, 0.25) is 0 Å². The van der Waals surface area contributed by atoms with E-state index in [2.05, 4.69) is 0 Å². The van der Waals surface area contributed by atoms with Gasteiger partial charge < -0.3 is 14.2 Å². The maximum Gasteiger partial charge on any atom is 0.416 e. The smallest absolute Gasteiger partial charge is 0.416 e. The topological polar surface area (TPSA) is 61.8 Å². The fourth-order valence-electron chi connectivity index (χ4n) is 4.57. The minimum Gasteiger partial charge on any atom is -0.493 e. The number of ether oxygens (including phenoxy) is 3. The lowest BCUT2D eigenvalue weighted by Gasteiger charge is -2.17. The largest absolute Gasteiger partial charge is 0.493 e. The molecule has 0 aromatic heterocycles. The first kappa shape index (κ1) is 28.0. The van der Waals surface area contributed by atoms with E-state index >= 15 is 0 Å². The molecule has 0 radical (unpaired) electrons. The van der Waals surface area contributed by atoms with E-state index in [-0.39, 0.29) is 24.4 Å². The Morgan fingerprint density at radius 2 is 1.62 bits per heavy atom. The molecule has 1 fully saturated rings. The molecule has 4 rings (SSSR count). The van der Waals surface area contributed by atoms with E-state index in [1.165, 1.54) is 19.1 Å². The zero-order valence-corrected chi connectivity index (χ0v) is 21.4. The SMILES string of the molecule is CC(=O)O[C@@H]1CC(/C=C/CCOc2cccc(C(F)(F)F)c2)[C@H](OC(=O)c2ccc(-c3ccccc3)cc2)C1. The number of rotatable bonds is 9. The lowest BCUT2D eigenvalue weighted by atomic mass is 10.0. The zero-order valence-electron chi connectivity index (χ0n) is 21.4. The fourth-order valence-corrected chi connectivity index (χ4v) is 4.57. The van der Waals surface area contributed by atoms with Crippen molar-refractivity contribution in [3.05, 3.63) is 102 Å². The molecule has 0 spiro atoms. The molecule has 3 aromatic rings. The lowest BCUT2D eigenvalue weighted by Crippen LogP contribution is -2.22. The van der Waals surface area contributed by atoms with Crippen LogP contribution < -0.4 is 4.74 Å². The van der Waals surface area contributed by atoms with Crippen LogP contribution in [-0.2, 0) is 20.4 Å². The number of esters is 2. The maximum atomic E-state index is 12.9. The lowest BCUT2D eigenvalue weighted by molar-refractivity contribution is -0.146. The molecule has 1 saturated carbocycles. The Labute approximate surface area is 225 Å². The number of hydrogen-bond acceptors (Lipinski definition) is 5. The highest BCUT2D eigenvalue weighted by Crippen LogP contribution is 2.33. The second-order valence-electron chi connectivity index (χ2n) is 9.34. The van der Waals surface area contributed by atoms with Crippen LogP contribution in [0.4, 0.5) is 13.2 Å². The van der Waals surface area contributed by atoms with Crippen LogP contribution >= 0.6 is 0 Å². The van der Waals surface area contributed by atoms with Crippen molar-refractivity contribution in [2.45, 2.75) is 44.6 Å². The Bertz CT molecular complexity index is 1290. The van der Waals surface area contributed by atoms with Crippen molar-refractivity contribution in [2.75, 3.05) is 6.61 Å². The van der Waals surface area contributed by atoms with Crippen LogP contribution in [0.1, 0.15) is 42.1 Å². The van der Waals surface area contributed by atoms with Gasteiger partial charge in [0.1, 0.15) is 18.0 Å². The molecule has 0 aliphatic heterocycles. The molecule has 0 amide bonds. The van der Waals surface area contributed by atoms with Crippen molar-refractivity contribution >= 4 is 11.9 Å². The third kappa shape index (κ3) is 7.96. The first-order valence-electron chi connectivity index (χ1n) is 12.7. The van der Waals surface area contributed by atoms with E-state index in [0.29, 0.717) is 24.8 Å². The summed E-state index contributed by atoms with van der Waals surface area (Å²) in [6, 6.07) is 21.7. The fraction of sp³-hybridized carbons (Fsp3) is 0.290. The van der Waals surface area contributed by atoms with Gasteiger partial charge in [-0.15, -0.1) is 0 Å². The highest BCUT2D eigenvalue weighted by atomic mass is 19.4. The van der Waals surface area contributed by atoms with Crippen LogP contribution in [-0.4, -0.2) is 30.8 Å². The van der Waals surface area contributed by atoms with Gasteiger partial charge in [-0.25, -0.2) is 4.79 Å². The van der Waals surface area contributed by atoms with Gasteiger partial charge in [-0.3, -0.25) is 4.79 Å². The average molecular weight is 539 g/mol. The summed E-state index contributed by atoms with van der Waals surface area (Å²) in [5.74, 6) is -0.912. The summed E-state index contributed by atoms with van der Waals surface area (Å²) >= 11 is 0. The van der Waals surface area contributed by atoms with E-state index in [4.69, 9.17) is 14.2 Å². The van der Waals surface area contributed by atoms with Crippen molar-refractivity contribution in [1.82, 2.24) is 0 Å². The van der Waals surface area contributed by atoms with Crippen LogP contribution in [0.3, 0.4) is 0 Å². The van der Waals surface area contributed by atoms with Crippen molar-refractivity contribution < 1.29 is 37.0 Å². The van der Waals surface area contributed by atoms with E-state index in [1.807, 2.05) is 54.6 Å². The van der Waals surface area contributed by atoms with Gasteiger partial charge in [-0.2, -0.15) is 13.2 Å². The zero-order chi connectivity index (χ0) is 27.8. The van der Waals surface area contributed by atoms with Crippen molar-refractivity contribution in [2.24, 2.45) is 5.92 Å². The predicted molar refractivity (Wildman–Crippen MR) is 140 cm³/mol. The third-order valence-electron chi connectivity index (χ3n) is 6.42. The monoisotopic (exact) mass is 538 g/mol. The normalized spacial score (nSPS) is 19.1. The predicted octanol–water partition coefficient (Wildman–Crippen LogP) is 7.26. The Hall–Kier alpha value is -4.07. The van der Waals surface area contributed by atoms with Gasteiger partial charge in [-0.1, -0.05) is 60.7 Å². The Balaban J connectivity index is 1.34. The van der Waals surface area contributed by atoms with Gasteiger partial charge in [-0.05, 0) is 54.3 Å². The van der Waals surface area contributed by atoms with Crippen molar-refractivity contribution in [1.29, 1.82) is 0 Å². The molecule has 3 atom stereocenters. The number of alkyl halides is 3. The van der Waals surface area contributed by atoms with E-state index in [1.54, 1.807) is 12.1 Å². The third-order valence-corrected chi connectivity index (χ3v) is 6.42. The second-order valence-corrected chi connectivity index (χ2v) is 9.34. The molecule has 0 N–H and O–H groups in total. The molecule has 0 heterocycles. The molecular weight excluding hydrogens is 509 g/mol. The molecule has 204 valence electrons. The summed E-state index contributed by atoms with van der Waals surface area (Å²) in [7, 11) is 0. The number of carbonyl (C=O) groups excluding carboxylic acids is 2.